The Hall–Kier alpha value is -4.78. The third-order valence-corrected chi connectivity index (χ3v) is 6.35. The topological polar surface area (TPSA) is 77.1 Å². The van der Waals surface area contributed by atoms with Gasteiger partial charge in [-0.15, -0.1) is 0 Å². The summed E-state index contributed by atoms with van der Waals surface area (Å²) in [6, 6.07) is 29.8. The Bertz CT molecular complexity index is 1450. The molecule has 0 spiro atoms. The van der Waals surface area contributed by atoms with E-state index in [4.69, 9.17) is 14.2 Å². The van der Waals surface area contributed by atoms with E-state index in [0.717, 1.165) is 22.5 Å². The van der Waals surface area contributed by atoms with Crippen molar-refractivity contribution in [2.75, 3.05) is 23.9 Å². The summed E-state index contributed by atoms with van der Waals surface area (Å²) in [7, 11) is 1.60. The number of para-hydroxylation sites is 3. The van der Waals surface area contributed by atoms with Gasteiger partial charge >= 0.3 is 5.97 Å². The van der Waals surface area contributed by atoms with Crippen LogP contribution in [-0.2, 0) is 11.3 Å². The minimum absolute atomic E-state index is 0.0902. The van der Waals surface area contributed by atoms with Crippen LogP contribution in [-0.4, -0.2) is 25.6 Å². The highest BCUT2D eigenvalue weighted by Gasteiger charge is 2.34. The fourth-order valence-corrected chi connectivity index (χ4v) is 4.55. The van der Waals surface area contributed by atoms with E-state index in [-0.39, 0.29) is 19.1 Å². The number of rotatable bonds is 8. The number of carbonyl (C=O) groups is 2. The van der Waals surface area contributed by atoms with Crippen LogP contribution < -0.4 is 19.7 Å². The minimum atomic E-state index is -0.462. The highest BCUT2D eigenvalue weighted by atomic mass is 16.5. The highest BCUT2D eigenvalue weighted by Crippen LogP contribution is 2.38. The smallest absolute Gasteiger partial charge is 0.341 e. The van der Waals surface area contributed by atoms with Gasteiger partial charge in [0.2, 0.25) is 0 Å². The number of nitrogens with zero attached hydrogens (tertiary/aromatic N) is 1. The van der Waals surface area contributed by atoms with Gasteiger partial charge in [0.05, 0.1) is 19.3 Å². The first-order chi connectivity index (χ1) is 18.6. The third-order valence-electron chi connectivity index (χ3n) is 6.35. The summed E-state index contributed by atoms with van der Waals surface area (Å²) >= 11 is 0. The van der Waals surface area contributed by atoms with Crippen molar-refractivity contribution in [3.8, 4) is 11.5 Å². The maximum absolute atomic E-state index is 13.7. The first-order valence-corrected chi connectivity index (χ1v) is 12.4. The molecule has 1 atom stereocenters. The second kappa shape index (κ2) is 11.1. The second-order valence-electron chi connectivity index (χ2n) is 8.68. The Morgan fingerprint density at radius 2 is 1.63 bits per heavy atom. The lowest BCUT2D eigenvalue weighted by Gasteiger charge is -2.38. The number of anilines is 2. The molecule has 0 unspecified atom stereocenters. The monoisotopic (exact) mass is 508 g/mol. The van der Waals surface area contributed by atoms with Crippen LogP contribution in [0.2, 0.25) is 0 Å². The Kier molecular flexibility index (Phi) is 7.26. The van der Waals surface area contributed by atoms with E-state index >= 15 is 0 Å². The number of nitrogens with one attached hydrogen (secondary N) is 1. The molecule has 0 bridgehead atoms. The number of hydrogen-bond donors (Lipinski definition) is 1. The lowest BCUT2D eigenvalue weighted by atomic mass is 10.0. The molecule has 1 aliphatic rings. The Balaban J connectivity index is 1.50. The number of amides is 1. The Morgan fingerprint density at radius 3 is 2.42 bits per heavy atom. The first-order valence-electron chi connectivity index (χ1n) is 12.4. The molecule has 38 heavy (non-hydrogen) atoms. The fourth-order valence-electron chi connectivity index (χ4n) is 4.55. The van der Waals surface area contributed by atoms with Crippen molar-refractivity contribution in [2.45, 2.75) is 19.7 Å². The molecule has 7 nitrogen and oxygen atoms in total. The van der Waals surface area contributed by atoms with Crippen molar-refractivity contribution >= 4 is 23.3 Å². The molecule has 7 heteroatoms. The standard InChI is InChI=1S/C31H28N2O5/c1-3-37-31(35)25-14-8-10-16-28(25)38-20-22-19-21(17-18-27(22)36-2)29-32-26-15-9-7-13-24(26)30(34)33(29)23-11-5-4-6-12-23/h4-19,29,32H,3,20H2,1-2H3/t29-/m0/s1. The average Bonchev–Trinajstić information content (AvgIpc) is 2.96. The number of carbonyl (C=O) groups excluding carboxylic acids is 2. The molecule has 0 aromatic heterocycles. The maximum atomic E-state index is 13.7. The molecule has 4 aromatic rings. The molecular formula is C31H28N2O5. The SMILES string of the molecule is CCOC(=O)c1ccccc1OCc1cc([C@H]2Nc3ccccc3C(=O)N2c2ccccc2)ccc1OC. The van der Waals surface area contributed by atoms with Crippen molar-refractivity contribution in [3.05, 3.63) is 119 Å². The predicted molar refractivity (Wildman–Crippen MR) is 146 cm³/mol. The lowest BCUT2D eigenvalue weighted by molar-refractivity contribution is 0.0521. The zero-order chi connectivity index (χ0) is 26.5. The van der Waals surface area contributed by atoms with Crippen LogP contribution in [0.5, 0.6) is 11.5 Å². The Morgan fingerprint density at radius 1 is 0.895 bits per heavy atom. The number of hydrogen-bond acceptors (Lipinski definition) is 6. The minimum Gasteiger partial charge on any atom is -0.496 e. The van der Waals surface area contributed by atoms with Crippen LogP contribution in [0.1, 0.15) is 44.9 Å². The number of fused-ring (bicyclic) bond motifs is 1. The summed E-state index contributed by atoms with van der Waals surface area (Å²) in [5.41, 5.74) is 4.14. The number of ether oxygens (including phenoxy) is 3. The molecule has 0 saturated heterocycles. The van der Waals surface area contributed by atoms with E-state index in [2.05, 4.69) is 5.32 Å². The van der Waals surface area contributed by atoms with Crippen molar-refractivity contribution in [2.24, 2.45) is 0 Å². The van der Waals surface area contributed by atoms with E-state index in [0.29, 0.717) is 22.6 Å². The summed E-state index contributed by atoms with van der Waals surface area (Å²) < 4.78 is 16.9. The summed E-state index contributed by atoms with van der Waals surface area (Å²) in [6.07, 6.45) is -0.462. The van der Waals surface area contributed by atoms with Crippen LogP contribution in [0.4, 0.5) is 11.4 Å². The van der Waals surface area contributed by atoms with E-state index in [9.17, 15) is 9.59 Å². The van der Waals surface area contributed by atoms with Gasteiger partial charge in [0, 0.05) is 16.9 Å². The summed E-state index contributed by atoms with van der Waals surface area (Å²) in [4.78, 5) is 27.8. The highest BCUT2D eigenvalue weighted by molar-refractivity contribution is 6.12. The molecular weight excluding hydrogens is 480 g/mol. The van der Waals surface area contributed by atoms with Gasteiger partial charge in [0.1, 0.15) is 29.8 Å². The normalized spacial score (nSPS) is 14.3. The van der Waals surface area contributed by atoms with Crippen molar-refractivity contribution in [1.29, 1.82) is 0 Å². The van der Waals surface area contributed by atoms with Crippen LogP contribution in [0.15, 0.2) is 97.1 Å². The maximum Gasteiger partial charge on any atom is 0.341 e. The Labute approximate surface area is 221 Å². The van der Waals surface area contributed by atoms with Gasteiger partial charge in [-0.25, -0.2) is 4.79 Å². The third kappa shape index (κ3) is 4.91. The quantitative estimate of drug-likeness (QED) is 0.285. The summed E-state index contributed by atoms with van der Waals surface area (Å²) in [5.74, 6) is 0.527. The number of methoxy groups -OCH3 is 1. The van der Waals surface area contributed by atoms with Gasteiger partial charge in [0.15, 0.2) is 0 Å². The van der Waals surface area contributed by atoms with E-state index in [1.165, 1.54) is 0 Å². The largest absolute Gasteiger partial charge is 0.496 e. The first kappa shape index (κ1) is 24.9. The van der Waals surface area contributed by atoms with E-state index < -0.39 is 12.1 Å². The van der Waals surface area contributed by atoms with Gasteiger partial charge in [0.25, 0.3) is 5.91 Å². The van der Waals surface area contributed by atoms with Crippen molar-refractivity contribution < 1.29 is 23.8 Å². The molecule has 1 amide bonds. The molecule has 1 N–H and O–H groups in total. The number of benzene rings is 4. The van der Waals surface area contributed by atoms with Gasteiger partial charge in [-0.2, -0.15) is 0 Å². The van der Waals surface area contributed by atoms with Gasteiger partial charge < -0.3 is 19.5 Å². The molecule has 5 rings (SSSR count). The molecule has 0 saturated carbocycles. The van der Waals surface area contributed by atoms with Crippen LogP contribution in [0.25, 0.3) is 0 Å². The van der Waals surface area contributed by atoms with E-state index in [1.807, 2.05) is 72.8 Å². The zero-order valence-electron chi connectivity index (χ0n) is 21.2. The van der Waals surface area contributed by atoms with Gasteiger partial charge in [-0.05, 0) is 61.0 Å². The fraction of sp³-hybridized carbons (Fsp3) is 0.161. The molecule has 0 aliphatic carbocycles. The second-order valence-corrected chi connectivity index (χ2v) is 8.68. The van der Waals surface area contributed by atoms with Crippen LogP contribution >= 0.6 is 0 Å². The van der Waals surface area contributed by atoms with Crippen molar-refractivity contribution in [3.63, 3.8) is 0 Å². The van der Waals surface area contributed by atoms with Gasteiger partial charge in [-0.1, -0.05) is 48.5 Å². The van der Waals surface area contributed by atoms with Crippen molar-refractivity contribution in [1.82, 2.24) is 0 Å². The molecule has 192 valence electrons. The van der Waals surface area contributed by atoms with Gasteiger partial charge in [-0.3, -0.25) is 9.69 Å². The number of esters is 1. The molecule has 1 aliphatic heterocycles. The summed E-state index contributed by atoms with van der Waals surface area (Å²) in [5, 5.41) is 3.53. The average molecular weight is 509 g/mol. The molecule has 1 heterocycles. The van der Waals surface area contributed by atoms with Crippen LogP contribution in [0, 0.1) is 0 Å². The summed E-state index contributed by atoms with van der Waals surface area (Å²) in [6.45, 7) is 2.19. The predicted octanol–water partition coefficient (Wildman–Crippen LogP) is 6.22. The lowest BCUT2D eigenvalue weighted by Crippen LogP contribution is -2.43. The van der Waals surface area contributed by atoms with Crippen LogP contribution in [0.3, 0.4) is 0 Å². The molecule has 0 radical (unpaired) electrons. The molecule has 0 fully saturated rings. The van der Waals surface area contributed by atoms with E-state index in [1.54, 1.807) is 43.2 Å². The zero-order valence-corrected chi connectivity index (χ0v) is 21.2. The molecule has 4 aromatic carbocycles.